The molecule has 4 heteroatoms. The van der Waals surface area contributed by atoms with E-state index >= 15 is 0 Å². The van der Waals surface area contributed by atoms with E-state index in [2.05, 4.69) is 59.8 Å². The van der Waals surface area contributed by atoms with Gasteiger partial charge in [0.1, 0.15) is 0 Å². The van der Waals surface area contributed by atoms with Crippen molar-refractivity contribution in [3.8, 4) is 0 Å². The summed E-state index contributed by atoms with van der Waals surface area (Å²) in [5, 5.41) is 0. The largest absolute Gasteiger partial charge is 0.421 e. The maximum absolute atomic E-state index is 11.5. The highest BCUT2D eigenvalue weighted by Gasteiger charge is 2.28. The summed E-state index contributed by atoms with van der Waals surface area (Å²) in [5.74, 6) is -0.889. The molecule has 1 heterocycles. The van der Waals surface area contributed by atoms with Crippen LogP contribution in [0.4, 0.5) is 0 Å². The summed E-state index contributed by atoms with van der Waals surface area (Å²) in [7, 11) is 0. The number of carbonyl (C=O) groups excluding carboxylic acids is 2. The first-order valence-corrected chi connectivity index (χ1v) is 13.7. The van der Waals surface area contributed by atoms with Gasteiger partial charge in [-0.3, -0.25) is 4.79 Å². The van der Waals surface area contributed by atoms with Gasteiger partial charge in [-0.25, -0.2) is 4.79 Å². The molecular weight excluding hydrogens is 448 g/mol. The molecular formula is C32H48O4. The Hall–Kier alpha value is -2.36. The highest BCUT2D eigenvalue weighted by atomic mass is 16.7. The van der Waals surface area contributed by atoms with Crippen LogP contribution in [0.3, 0.4) is 0 Å². The number of hydrogen-bond acceptors (Lipinski definition) is 4. The van der Waals surface area contributed by atoms with Gasteiger partial charge in [-0.15, -0.1) is 0 Å². The van der Waals surface area contributed by atoms with Crippen LogP contribution < -0.4 is 0 Å². The molecule has 0 fully saturated rings. The van der Waals surface area contributed by atoms with Gasteiger partial charge in [0, 0.05) is 18.6 Å². The second-order valence-electron chi connectivity index (χ2n) is 11.4. The fraction of sp³-hybridized carbons (Fsp3) is 0.625. The van der Waals surface area contributed by atoms with Crippen LogP contribution in [0.2, 0.25) is 0 Å². The summed E-state index contributed by atoms with van der Waals surface area (Å²) >= 11 is 0. The normalized spacial score (nSPS) is 21.0. The maximum Gasteiger partial charge on any atom is 0.334 e. The second kappa shape index (κ2) is 14.4. The lowest BCUT2D eigenvalue weighted by atomic mass is 9.71. The van der Waals surface area contributed by atoms with Gasteiger partial charge in [-0.2, -0.15) is 0 Å². The monoisotopic (exact) mass is 496 g/mol. The zero-order valence-electron chi connectivity index (χ0n) is 23.8. The van der Waals surface area contributed by atoms with Crippen molar-refractivity contribution < 1.29 is 19.1 Å². The van der Waals surface area contributed by atoms with E-state index in [0.29, 0.717) is 11.8 Å². The van der Waals surface area contributed by atoms with E-state index in [-0.39, 0.29) is 0 Å². The first kappa shape index (κ1) is 29.9. The van der Waals surface area contributed by atoms with E-state index in [1.165, 1.54) is 61.8 Å². The van der Waals surface area contributed by atoms with Crippen molar-refractivity contribution in [1.82, 2.24) is 0 Å². The Labute approximate surface area is 219 Å². The summed E-state index contributed by atoms with van der Waals surface area (Å²) in [6.45, 7) is 15.2. The second-order valence-corrected chi connectivity index (χ2v) is 11.4. The van der Waals surface area contributed by atoms with E-state index in [4.69, 9.17) is 9.47 Å². The first-order valence-electron chi connectivity index (χ1n) is 13.7. The number of ether oxygens (including phenoxy) is 2. The van der Waals surface area contributed by atoms with Gasteiger partial charge in [0.15, 0.2) is 0 Å². The average Bonchev–Trinajstić information content (AvgIpc) is 3.11. The number of carbonyl (C=O) groups is 2. The molecule has 0 saturated carbocycles. The standard InChI is InChI=1S/C32H48O4/c1-23(14-9-15-25(3)19-20-29-26(4)17-11-21-32(29,6)7)12-8-13-24(2)16-10-18-28-22-30(34)36-31(28)35-27(5)33/h12,15-16,22,31H,8-11,13-14,17-21H2,1-7H3/b23-12+,24-16+,25-15+. The Morgan fingerprint density at radius 2 is 1.56 bits per heavy atom. The van der Waals surface area contributed by atoms with Crippen molar-refractivity contribution in [3.63, 3.8) is 0 Å². The van der Waals surface area contributed by atoms with Crippen LogP contribution in [0.1, 0.15) is 119 Å². The van der Waals surface area contributed by atoms with Crippen molar-refractivity contribution in [3.05, 3.63) is 57.7 Å². The summed E-state index contributed by atoms with van der Waals surface area (Å²) < 4.78 is 10.1. The minimum absolute atomic E-state index is 0.377. The highest BCUT2D eigenvalue weighted by Crippen LogP contribution is 2.42. The van der Waals surface area contributed by atoms with E-state index in [0.717, 1.165) is 37.7 Å². The van der Waals surface area contributed by atoms with Crippen LogP contribution in [0, 0.1) is 5.41 Å². The van der Waals surface area contributed by atoms with Crippen LogP contribution in [-0.2, 0) is 19.1 Å². The van der Waals surface area contributed by atoms with Crippen molar-refractivity contribution in [1.29, 1.82) is 0 Å². The van der Waals surface area contributed by atoms with Crippen LogP contribution in [0.15, 0.2) is 57.7 Å². The molecule has 4 nitrogen and oxygen atoms in total. The summed E-state index contributed by atoms with van der Waals surface area (Å²) in [4.78, 5) is 22.6. The highest BCUT2D eigenvalue weighted by molar-refractivity contribution is 5.86. The maximum atomic E-state index is 11.5. The Morgan fingerprint density at radius 3 is 2.14 bits per heavy atom. The van der Waals surface area contributed by atoms with Crippen molar-refractivity contribution in [2.45, 2.75) is 125 Å². The van der Waals surface area contributed by atoms with Crippen LogP contribution in [0.25, 0.3) is 0 Å². The molecule has 0 N–H and O–H groups in total. The molecule has 200 valence electrons. The minimum atomic E-state index is -0.854. The molecule has 0 amide bonds. The van der Waals surface area contributed by atoms with Crippen molar-refractivity contribution in [2.75, 3.05) is 0 Å². The van der Waals surface area contributed by atoms with Gasteiger partial charge in [0.25, 0.3) is 6.29 Å². The SMILES string of the molecule is CC(=O)OC1OC(=O)C=C1CC/C=C(\C)CC/C=C(\C)CC/C=C(\C)CCC1=C(C)CCCC1(C)C. The Morgan fingerprint density at radius 1 is 0.972 bits per heavy atom. The molecule has 36 heavy (non-hydrogen) atoms. The number of hydrogen-bond donors (Lipinski definition) is 0. The fourth-order valence-corrected chi connectivity index (χ4v) is 5.31. The molecule has 1 aliphatic carbocycles. The van der Waals surface area contributed by atoms with E-state index in [9.17, 15) is 9.59 Å². The van der Waals surface area contributed by atoms with E-state index in [1.807, 2.05) is 0 Å². The molecule has 0 saturated heterocycles. The summed E-state index contributed by atoms with van der Waals surface area (Å²) in [5.41, 5.74) is 8.74. The van der Waals surface area contributed by atoms with E-state index < -0.39 is 18.2 Å². The fourth-order valence-electron chi connectivity index (χ4n) is 5.31. The van der Waals surface area contributed by atoms with Gasteiger partial charge in [0.2, 0.25) is 0 Å². The van der Waals surface area contributed by atoms with Crippen LogP contribution in [0.5, 0.6) is 0 Å². The number of cyclic esters (lactones) is 1. The first-order chi connectivity index (χ1) is 17.0. The smallest absolute Gasteiger partial charge is 0.334 e. The zero-order chi connectivity index (χ0) is 26.7. The third-order valence-corrected chi connectivity index (χ3v) is 7.55. The molecule has 1 atom stereocenters. The Bertz CT molecular complexity index is 939. The molecule has 0 spiro atoms. The van der Waals surface area contributed by atoms with Gasteiger partial charge < -0.3 is 9.47 Å². The molecule has 0 aromatic rings. The molecule has 0 bridgehead atoms. The van der Waals surface area contributed by atoms with Crippen LogP contribution >= 0.6 is 0 Å². The molecule has 0 aromatic heterocycles. The third kappa shape index (κ3) is 10.3. The lowest BCUT2D eigenvalue weighted by Gasteiger charge is -2.35. The number of rotatable bonds is 13. The van der Waals surface area contributed by atoms with E-state index in [1.54, 1.807) is 11.1 Å². The predicted octanol–water partition coefficient (Wildman–Crippen LogP) is 8.85. The molecule has 1 unspecified atom stereocenters. The van der Waals surface area contributed by atoms with Gasteiger partial charge in [0.05, 0.1) is 0 Å². The topological polar surface area (TPSA) is 52.6 Å². The van der Waals surface area contributed by atoms with Crippen molar-refractivity contribution >= 4 is 11.9 Å². The molecule has 0 aromatic carbocycles. The number of allylic oxidation sites excluding steroid dienone is 8. The molecule has 2 rings (SSSR count). The van der Waals surface area contributed by atoms with Crippen LogP contribution in [-0.4, -0.2) is 18.2 Å². The minimum Gasteiger partial charge on any atom is -0.421 e. The third-order valence-electron chi connectivity index (χ3n) is 7.55. The van der Waals surface area contributed by atoms with Crippen molar-refractivity contribution in [2.24, 2.45) is 5.41 Å². The molecule has 2 aliphatic rings. The quantitative estimate of drug-likeness (QED) is 0.189. The lowest BCUT2D eigenvalue weighted by molar-refractivity contribution is -0.172. The number of esters is 2. The van der Waals surface area contributed by atoms with Gasteiger partial charge in [-0.1, -0.05) is 59.9 Å². The molecule has 1 aliphatic heterocycles. The van der Waals surface area contributed by atoms with Gasteiger partial charge >= 0.3 is 11.9 Å². The molecule has 0 radical (unpaired) electrons. The lowest BCUT2D eigenvalue weighted by Crippen LogP contribution is -2.20. The average molecular weight is 497 g/mol. The predicted molar refractivity (Wildman–Crippen MR) is 148 cm³/mol. The van der Waals surface area contributed by atoms with Gasteiger partial charge in [-0.05, 0) is 104 Å². The Kier molecular flexibility index (Phi) is 11.9. The zero-order valence-corrected chi connectivity index (χ0v) is 23.8. The summed E-state index contributed by atoms with van der Waals surface area (Å²) in [6.07, 6.45) is 19.7. The summed E-state index contributed by atoms with van der Waals surface area (Å²) in [6, 6.07) is 0. The Balaban J connectivity index is 1.68.